The normalized spacial score (nSPS) is 21.3. The lowest BCUT2D eigenvalue weighted by Gasteiger charge is -2.30. The maximum atomic E-state index is 12.8. The number of carbonyl (C=O) groups excluding carboxylic acids is 2. The Morgan fingerprint density at radius 1 is 1.17 bits per heavy atom. The monoisotopic (exact) mass is 488 g/mol. The van der Waals surface area contributed by atoms with Gasteiger partial charge in [0.15, 0.2) is 12.0 Å². The first-order valence-electron chi connectivity index (χ1n) is 12.7. The Morgan fingerprint density at radius 2 is 1.97 bits per heavy atom. The van der Waals surface area contributed by atoms with Crippen LogP contribution in [0.5, 0.6) is 0 Å². The maximum Gasteiger partial charge on any atom is 0.241 e. The largest absolute Gasteiger partial charge is 0.453 e. The van der Waals surface area contributed by atoms with Crippen LogP contribution in [-0.2, 0) is 19.0 Å². The fourth-order valence-corrected chi connectivity index (χ4v) is 5.12. The molecular formula is C27H40N2O6. The molecule has 4 rings (SSSR count). The van der Waals surface area contributed by atoms with E-state index in [1.165, 1.54) is 32.1 Å². The van der Waals surface area contributed by atoms with Crippen molar-refractivity contribution in [1.29, 1.82) is 0 Å². The molecule has 1 saturated heterocycles. The molecule has 3 atom stereocenters. The minimum Gasteiger partial charge on any atom is -0.453 e. The Labute approximate surface area is 208 Å². The molecule has 1 aromatic carbocycles. The quantitative estimate of drug-likeness (QED) is 0.478. The van der Waals surface area contributed by atoms with Gasteiger partial charge in [-0.2, -0.15) is 0 Å². The van der Waals surface area contributed by atoms with Crippen LogP contribution in [0.4, 0.5) is 5.69 Å². The number of aldehydes is 1. The molecule has 1 aliphatic heterocycles. The summed E-state index contributed by atoms with van der Waals surface area (Å²) in [6.45, 7) is 4.81. The van der Waals surface area contributed by atoms with Gasteiger partial charge >= 0.3 is 0 Å². The Bertz CT molecular complexity index is 924. The average molecular weight is 489 g/mol. The van der Waals surface area contributed by atoms with Gasteiger partial charge in [0, 0.05) is 31.9 Å². The second kappa shape index (κ2) is 14.3. The number of carbonyl (C=O) groups is 2. The third-order valence-corrected chi connectivity index (χ3v) is 6.92. The molecule has 1 saturated carbocycles. The van der Waals surface area contributed by atoms with Crippen molar-refractivity contribution >= 4 is 28.8 Å². The minimum absolute atomic E-state index is 0.0477. The van der Waals surface area contributed by atoms with Crippen molar-refractivity contribution in [1.82, 2.24) is 5.32 Å². The highest BCUT2D eigenvalue weighted by Gasteiger charge is 2.38. The summed E-state index contributed by atoms with van der Waals surface area (Å²) < 4.78 is 20.4. The van der Waals surface area contributed by atoms with Crippen LogP contribution in [0.1, 0.15) is 56.0 Å². The second-order valence-electron chi connectivity index (χ2n) is 9.26. The molecular weight excluding hydrogens is 448 g/mol. The molecule has 3 unspecified atom stereocenters. The lowest BCUT2D eigenvalue weighted by Crippen LogP contribution is -2.42. The van der Waals surface area contributed by atoms with E-state index in [9.17, 15) is 9.59 Å². The van der Waals surface area contributed by atoms with E-state index >= 15 is 0 Å². The van der Waals surface area contributed by atoms with E-state index in [0.29, 0.717) is 42.7 Å². The van der Waals surface area contributed by atoms with Crippen molar-refractivity contribution in [3.8, 4) is 0 Å². The number of ether oxygens (including phenoxy) is 3. The van der Waals surface area contributed by atoms with Crippen molar-refractivity contribution in [2.45, 2.75) is 57.6 Å². The average Bonchev–Trinajstić information content (AvgIpc) is 3.54. The molecule has 2 heterocycles. The molecule has 1 aliphatic carbocycles. The van der Waals surface area contributed by atoms with E-state index in [-0.39, 0.29) is 18.1 Å². The van der Waals surface area contributed by atoms with Crippen molar-refractivity contribution in [3.63, 3.8) is 0 Å². The number of amides is 1. The van der Waals surface area contributed by atoms with E-state index in [2.05, 4.69) is 10.6 Å². The smallest absolute Gasteiger partial charge is 0.241 e. The van der Waals surface area contributed by atoms with Gasteiger partial charge in [-0.05, 0) is 56.0 Å². The first-order chi connectivity index (χ1) is 17.1. The van der Waals surface area contributed by atoms with Crippen LogP contribution in [0.2, 0.25) is 0 Å². The number of anilines is 1. The standard InChI is InChI=1S/C20H24N2O3.C7H16O3/c23-12-16-11-14-10-15(6-7-18(14)25-16)22-20(24)19-17(8-9-21-19)13-4-2-1-3-5-13;1-4-10-6-7(9-3)5-8-2/h6-7,10-13,17,19,21H,1-5,8-9H2,(H,22,24);7H,4-6H2,1-3H3. The summed E-state index contributed by atoms with van der Waals surface area (Å²) in [5.41, 5.74) is 1.39. The van der Waals surface area contributed by atoms with Gasteiger partial charge in [0.2, 0.25) is 5.91 Å². The Morgan fingerprint density at radius 3 is 2.66 bits per heavy atom. The first kappa shape index (κ1) is 27.3. The summed E-state index contributed by atoms with van der Waals surface area (Å²) in [6.07, 6.45) is 8.29. The highest BCUT2D eigenvalue weighted by molar-refractivity contribution is 5.97. The zero-order valence-corrected chi connectivity index (χ0v) is 21.2. The van der Waals surface area contributed by atoms with Crippen LogP contribution in [0.25, 0.3) is 11.0 Å². The summed E-state index contributed by atoms with van der Waals surface area (Å²) >= 11 is 0. The number of rotatable bonds is 10. The van der Waals surface area contributed by atoms with E-state index in [0.717, 1.165) is 30.6 Å². The number of benzene rings is 1. The van der Waals surface area contributed by atoms with Crippen molar-refractivity contribution in [3.05, 3.63) is 30.0 Å². The van der Waals surface area contributed by atoms with Gasteiger partial charge in [-0.1, -0.05) is 32.1 Å². The van der Waals surface area contributed by atoms with Gasteiger partial charge in [0.25, 0.3) is 0 Å². The summed E-state index contributed by atoms with van der Waals surface area (Å²) in [4.78, 5) is 23.6. The predicted octanol–water partition coefficient (Wildman–Crippen LogP) is 4.43. The first-order valence-corrected chi connectivity index (χ1v) is 12.7. The van der Waals surface area contributed by atoms with Crippen LogP contribution in [0.3, 0.4) is 0 Å². The number of hydrogen-bond donors (Lipinski definition) is 2. The van der Waals surface area contributed by atoms with Crippen LogP contribution < -0.4 is 10.6 Å². The third-order valence-electron chi connectivity index (χ3n) is 6.92. The molecule has 1 aromatic heterocycles. The number of hydrogen-bond acceptors (Lipinski definition) is 7. The molecule has 2 aromatic rings. The summed E-state index contributed by atoms with van der Waals surface area (Å²) in [5.74, 6) is 1.46. The van der Waals surface area contributed by atoms with Crippen LogP contribution in [-0.4, -0.2) is 64.9 Å². The van der Waals surface area contributed by atoms with Crippen molar-refractivity contribution < 1.29 is 28.2 Å². The van der Waals surface area contributed by atoms with E-state index in [1.54, 1.807) is 26.4 Å². The number of methoxy groups -OCH3 is 2. The van der Waals surface area contributed by atoms with Gasteiger partial charge in [-0.3, -0.25) is 9.59 Å². The zero-order valence-electron chi connectivity index (χ0n) is 21.2. The Balaban J connectivity index is 0.000000292. The predicted molar refractivity (Wildman–Crippen MR) is 136 cm³/mol. The highest BCUT2D eigenvalue weighted by Crippen LogP contribution is 2.36. The van der Waals surface area contributed by atoms with E-state index in [4.69, 9.17) is 18.6 Å². The summed E-state index contributed by atoms with van der Waals surface area (Å²) in [6, 6.07) is 7.06. The van der Waals surface area contributed by atoms with E-state index in [1.807, 2.05) is 19.1 Å². The molecule has 2 fully saturated rings. The zero-order chi connectivity index (χ0) is 25.0. The van der Waals surface area contributed by atoms with E-state index < -0.39 is 0 Å². The molecule has 8 heteroatoms. The third kappa shape index (κ3) is 7.87. The Kier molecular flexibility index (Phi) is 11.2. The van der Waals surface area contributed by atoms with Crippen molar-refractivity contribution in [2.24, 2.45) is 11.8 Å². The fraction of sp³-hybridized carbons (Fsp3) is 0.630. The lowest BCUT2D eigenvalue weighted by molar-refractivity contribution is -0.119. The topological polar surface area (TPSA) is 99.0 Å². The molecule has 1 amide bonds. The highest BCUT2D eigenvalue weighted by atomic mass is 16.5. The molecule has 2 aliphatic rings. The Hall–Kier alpha value is -2.26. The summed E-state index contributed by atoms with van der Waals surface area (Å²) in [7, 11) is 3.31. The SMILES string of the molecule is CCOCC(COC)OC.O=Cc1cc2cc(NC(=O)C3NCCC3C3CCCCC3)ccc2o1. The molecule has 8 nitrogen and oxygen atoms in total. The van der Waals surface area contributed by atoms with Gasteiger partial charge in [0.1, 0.15) is 11.7 Å². The molecule has 194 valence electrons. The maximum absolute atomic E-state index is 12.8. The molecule has 2 N–H and O–H groups in total. The second-order valence-corrected chi connectivity index (χ2v) is 9.26. The molecule has 35 heavy (non-hydrogen) atoms. The minimum atomic E-state index is -0.103. The molecule has 0 bridgehead atoms. The van der Waals surface area contributed by atoms with Gasteiger partial charge in [0.05, 0.1) is 19.3 Å². The number of fused-ring (bicyclic) bond motifs is 1. The lowest BCUT2D eigenvalue weighted by atomic mass is 9.76. The summed E-state index contributed by atoms with van der Waals surface area (Å²) in [5, 5.41) is 7.26. The van der Waals surface area contributed by atoms with Crippen LogP contribution in [0.15, 0.2) is 28.7 Å². The van der Waals surface area contributed by atoms with Crippen LogP contribution >= 0.6 is 0 Å². The van der Waals surface area contributed by atoms with Crippen molar-refractivity contribution in [2.75, 3.05) is 45.9 Å². The molecule has 0 radical (unpaired) electrons. The van der Waals surface area contributed by atoms with Gasteiger partial charge in [-0.25, -0.2) is 0 Å². The number of furan rings is 1. The van der Waals surface area contributed by atoms with Crippen LogP contribution in [0, 0.1) is 11.8 Å². The molecule has 0 spiro atoms. The van der Waals surface area contributed by atoms with Gasteiger partial charge in [-0.15, -0.1) is 0 Å². The fourth-order valence-electron chi connectivity index (χ4n) is 5.12. The number of nitrogens with one attached hydrogen (secondary N) is 2. The van der Waals surface area contributed by atoms with Gasteiger partial charge < -0.3 is 29.3 Å².